The fraction of sp³-hybridized carbons (Fsp3) is 0.316. The van der Waals surface area contributed by atoms with Crippen LogP contribution in [0.3, 0.4) is 0 Å². The molecule has 1 aliphatic carbocycles. The molecule has 25 heavy (non-hydrogen) atoms. The van der Waals surface area contributed by atoms with Crippen molar-refractivity contribution < 1.29 is 0 Å². The summed E-state index contributed by atoms with van der Waals surface area (Å²) >= 11 is 0. The number of rotatable bonds is 4. The molecule has 128 valence electrons. The van der Waals surface area contributed by atoms with Crippen molar-refractivity contribution in [1.29, 1.82) is 0 Å². The Kier molecular flexibility index (Phi) is 4.09. The summed E-state index contributed by atoms with van der Waals surface area (Å²) < 4.78 is 0. The molecule has 0 saturated heterocycles. The van der Waals surface area contributed by atoms with E-state index in [4.69, 9.17) is 5.73 Å². The van der Waals surface area contributed by atoms with E-state index in [-0.39, 0.29) is 0 Å². The van der Waals surface area contributed by atoms with Crippen molar-refractivity contribution in [3.05, 3.63) is 42.4 Å². The Labute approximate surface area is 146 Å². The van der Waals surface area contributed by atoms with Gasteiger partial charge in [0.2, 0.25) is 0 Å². The lowest BCUT2D eigenvalue weighted by molar-refractivity contribution is 0.750. The van der Waals surface area contributed by atoms with E-state index in [1.807, 2.05) is 31.2 Å². The summed E-state index contributed by atoms with van der Waals surface area (Å²) in [5.74, 6) is 1.32. The molecule has 1 saturated carbocycles. The first kappa shape index (κ1) is 15.6. The lowest BCUT2D eigenvalue weighted by atomic mass is 10.1. The maximum atomic E-state index is 6.31. The van der Waals surface area contributed by atoms with Crippen LogP contribution in [0.4, 0.5) is 23.0 Å². The third kappa shape index (κ3) is 3.20. The van der Waals surface area contributed by atoms with Gasteiger partial charge in [-0.05, 0) is 44.0 Å². The monoisotopic (exact) mass is 334 g/mol. The molecule has 6 heteroatoms. The van der Waals surface area contributed by atoms with Crippen molar-refractivity contribution in [3.8, 4) is 0 Å². The standard InChI is InChI=1S/C19H22N6/c1-12-9-10-14-15(23-12)7-4-8-16(14)25-19-17(20)18(21-11-22-19)24-13-5-2-3-6-13/h4,7-11,13H,2-3,5-6,20H2,1H3,(H2,21,22,24,25). The third-order valence-electron chi connectivity index (χ3n) is 4.70. The number of benzene rings is 1. The number of fused-ring (bicyclic) bond motifs is 1. The van der Waals surface area contributed by atoms with Gasteiger partial charge < -0.3 is 16.4 Å². The summed E-state index contributed by atoms with van der Waals surface area (Å²) in [6, 6.07) is 10.5. The van der Waals surface area contributed by atoms with Gasteiger partial charge in [0.15, 0.2) is 11.6 Å². The van der Waals surface area contributed by atoms with Crippen molar-refractivity contribution in [2.75, 3.05) is 16.4 Å². The first-order valence-corrected chi connectivity index (χ1v) is 8.71. The molecule has 0 unspecified atom stereocenters. The highest BCUT2D eigenvalue weighted by molar-refractivity contribution is 5.94. The minimum atomic E-state index is 0.454. The molecular weight excluding hydrogens is 312 g/mol. The van der Waals surface area contributed by atoms with Crippen LogP contribution < -0.4 is 16.4 Å². The Morgan fingerprint density at radius 3 is 2.68 bits per heavy atom. The summed E-state index contributed by atoms with van der Waals surface area (Å²) in [5.41, 5.74) is 9.73. The van der Waals surface area contributed by atoms with Crippen LogP contribution in [-0.4, -0.2) is 21.0 Å². The highest BCUT2D eigenvalue weighted by atomic mass is 15.1. The predicted molar refractivity (Wildman–Crippen MR) is 102 cm³/mol. The summed E-state index contributed by atoms with van der Waals surface area (Å²) in [6.45, 7) is 1.99. The molecule has 4 rings (SSSR count). The van der Waals surface area contributed by atoms with Gasteiger partial charge in [0.1, 0.15) is 12.0 Å². The van der Waals surface area contributed by atoms with Crippen LogP contribution >= 0.6 is 0 Å². The molecule has 0 aliphatic heterocycles. The Bertz CT molecular complexity index is 902. The van der Waals surface area contributed by atoms with E-state index in [2.05, 4.69) is 31.7 Å². The highest BCUT2D eigenvalue weighted by Gasteiger charge is 2.17. The number of nitrogens with one attached hydrogen (secondary N) is 2. The van der Waals surface area contributed by atoms with Crippen LogP contribution in [0, 0.1) is 6.92 Å². The molecule has 6 nitrogen and oxygen atoms in total. The number of nitrogens with two attached hydrogens (primary N) is 1. The summed E-state index contributed by atoms with van der Waals surface area (Å²) in [5, 5.41) is 7.83. The Hall–Kier alpha value is -2.89. The molecular formula is C19H22N6. The third-order valence-corrected chi connectivity index (χ3v) is 4.70. The second-order valence-electron chi connectivity index (χ2n) is 6.56. The average Bonchev–Trinajstić information content (AvgIpc) is 3.11. The molecule has 0 amide bonds. The van der Waals surface area contributed by atoms with Gasteiger partial charge in [0, 0.05) is 22.8 Å². The molecule has 0 atom stereocenters. The fourth-order valence-corrected chi connectivity index (χ4v) is 3.37. The van der Waals surface area contributed by atoms with E-state index < -0.39 is 0 Å². The molecule has 2 aromatic heterocycles. The van der Waals surface area contributed by atoms with Crippen LogP contribution in [0.1, 0.15) is 31.4 Å². The number of nitrogen functional groups attached to an aromatic ring is 1. The summed E-state index contributed by atoms with van der Waals surface area (Å²) in [4.78, 5) is 13.2. The van der Waals surface area contributed by atoms with Gasteiger partial charge in [-0.3, -0.25) is 4.98 Å². The molecule has 1 aliphatic rings. The van der Waals surface area contributed by atoms with Crippen molar-refractivity contribution in [2.45, 2.75) is 38.6 Å². The van der Waals surface area contributed by atoms with Crippen molar-refractivity contribution >= 4 is 33.9 Å². The van der Waals surface area contributed by atoms with Crippen molar-refractivity contribution in [1.82, 2.24) is 15.0 Å². The zero-order chi connectivity index (χ0) is 17.2. The Morgan fingerprint density at radius 2 is 1.84 bits per heavy atom. The maximum absolute atomic E-state index is 6.31. The number of anilines is 4. The summed E-state index contributed by atoms with van der Waals surface area (Å²) in [7, 11) is 0. The molecule has 0 spiro atoms. The minimum Gasteiger partial charge on any atom is -0.393 e. The summed E-state index contributed by atoms with van der Waals surface area (Å²) in [6.07, 6.45) is 6.40. The van der Waals surface area contributed by atoms with Gasteiger partial charge in [0.05, 0.1) is 5.52 Å². The molecule has 0 radical (unpaired) electrons. The maximum Gasteiger partial charge on any atom is 0.159 e. The van der Waals surface area contributed by atoms with Crippen LogP contribution in [0.2, 0.25) is 0 Å². The topological polar surface area (TPSA) is 88.8 Å². The zero-order valence-electron chi connectivity index (χ0n) is 14.3. The number of hydrogen-bond donors (Lipinski definition) is 3. The number of aromatic nitrogens is 3. The molecule has 3 aromatic rings. The fourth-order valence-electron chi connectivity index (χ4n) is 3.37. The van der Waals surface area contributed by atoms with Crippen LogP contribution in [0.15, 0.2) is 36.7 Å². The van der Waals surface area contributed by atoms with Gasteiger partial charge in [0.25, 0.3) is 0 Å². The second kappa shape index (κ2) is 6.55. The number of hydrogen-bond acceptors (Lipinski definition) is 6. The van der Waals surface area contributed by atoms with Gasteiger partial charge in [-0.1, -0.05) is 18.9 Å². The van der Waals surface area contributed by atoms with E-state index in [1.165, 1.54) is 25.7 Å². The second-order valence-corrected chi connectivity index (χ2v) is 6.56. The van der Waals surface area contributed by atoms with Gasteiger partial charge in [-0.25, -0.2) is 9.97 Å². The average molecular weight is 334 g/mol. The number of nitrogens with zero attached hydrogens (tertiary/aromatic N) is 3. The molecule has 1 aromatic carbocycles. The molecule has 1 fully saturated rings. The normalized spacial score (nSPS) is 14.8. The largest absolute Gasteiger partial charge is 0.393 e. The number of pyridine rings is 1. The van der Waals surface area contributed by atoms with E-state index in [0.29, 0.717) is 23.4 Å². The smallest absolute Gasteiger partial charge is 0.159 e. The van der Waals surface area contributed by atoms with E-state index in [9.17, 15) is 0 Å². The van der Waals surface area contributed by atoms with Gasteiger partial charge in [-0.2, -0.15) is 0 Å². The van der Waals surface area contributed by atoms with Crippen LogP contribution in [0.25, 0.3) is 10.9 Å². The van der Waals surface area contributed by atoms with Gasteiger partial charge in [-0.15, -0.1) is 0 Å². The first-order chi connectivity index (χ1) is 12.2. The number of aryl methyl sites for hydroxylation is 1. The van der Waals surface area contributed by atoms with E-state index >= 15 is 0 Å². The SMILES string of the molecule is Cc1ccc2c(Nc3ncnc(NC4CCCC4)c3N)cccc2n1. The van der Waals surface area contributed by atoms with Crippen molar-refractivity contribution in [3.63, 3.8) is 0 Å². The minimum absolute atomic E-state index is 0.454. The first-order valence-electron chi connectivity index (χ1n) is 8.71. The van der Waals surface area contributed by atoms with E-state index in [1.54, 1.807) is 6.33 Å². The van der Waals surface area contributed by atoms with Crippen LogP contribution in [-0.2, 0) is 0 Å². The van der Waals surface area contributed by atoms with E-state index in [0.717, 1.165) is 22.3 Å². The van der Waals surface area contributed by atoms with Gasteiger partial charge >= 0.3 is 0 Å². The Morgan fingerprint density at radius 1 is 1.04 bits per heavy atom. The predicted octanol–water partition coefficient (Wildman–Crippen LogP) is 4.01. The Balaban J connectivity index is 1.65. The highest BCUT2D eigenvalue weighted by Crippen LogP contribution is 2.31. The quantitative estimate of drug-likeness (QED) is 0.668. The lowest BCUT2D eigenvalue weighted by Gasteiger charge is -2.16. The lowest BCUT2D eigenvalue weighted by Crippen LogP contribution is -2.17. The molecule has 0 bridgehead atoms. The molecule has 2 heterocycles. The molecule has 4 N–H and O–H groups in total. The van der Waals surface area contributed by atoms with Crippen molar-refractivity contribution in [2.24, 2.45) is 0 Å². The van der Waals surface area contributed by atoms with Crippen LogP contribution in [0.5, 0.6) is 0 Å². The zero-order valence-corrected chi connectivity index (χ0v) is 14.3.